The molecule has 47 heavy (non-hydrogen) atoms. The normalized spacial score (nSPS) is 12.5. The van der Waals surface area contributed by atoms with Gasteiger partial charge in [-0.05, 0) is 64.2 Å². The predicted molar refractivity (Wildman–Crippen MR) is 209 cm³/mol. The number of allylic oxidation sites excluding steroid dienone is 4. The smallest absolute Gasteiger partial charge is 0.227 e. The van der Waals surface area contributed by atoms with Crippen LogP contribution in [-0.4, -0.2) is 11.7 Å². The van der Waals surface area contributed by atoms with E-state index in [4.69, 9.17) is 5.73 Å². The van der Waals surface area contributed by atoms with Crippen LogP contribution < -0.4 is 5.73 Å². The fraction of sp³-hybridized carbons (Fsp3) is 0.864. The van der Waals surface area contributed by atoms with E-state index < -0.39 is 11.8 Å². The fourth-order valence-corrected chi connectivity index (χ4v) is 6.66. The standard InChI is InChI=1S/C44H83NO2/c1-3-5-7-9-11-13-15-17-19-21-23-25-27-29-31-33-35-37-39-41-43(46)42(44(45)47)40-38-36-34-32-30-28-26-24-22-20-18-16-14-12-10-8-6-4-2/h17-20,42H,3-16,21-41H2,1-2H3,(H2,45,47). The van der Waals surface area contributed by atoms with E-state index in [-0.39, 0.29) is 5.78 Å². The number of primary amides is 1. The van der Waals surface area contributed by atoms with Crippen molar-refractivity contribution in [1.29, 1.82) is 0 Å². The zero-order valence-corrected chi connectivity index (χ0v) is 32.0. The lowest BCUT2D eigenvalue weighted by atomic mass is 9.92. The third-order valence-electron chi connectivity index (χ3n) is 9.92. The lowest BCUT2D eigenvalue weighted by Gasteiger charge is -2.12. The van der Waals surface area contributed by atoms with Gasteiger partial charge in [-0.3, -0.25) is 9.59 Å². The summed E-state index contributed by atoms with van der Waals surface area (Å²) >= 11 is 0. The highest BCUT2D eigenvalue weighted by atomic mass is 16.2. The highest BCUT2D eigenvalue weighted by Crippen LogP contribution is 2.18. The third-order valence-corrected chi connectivity index (χ3v) is 9.92. The van der Waals surface area contributed by atoms with E-state index in [1.54, 1.807) is 0 Å². The largest absolute Gasteiger partial charge is 0.369 e. The summed E-state index contributed by atoms with van der Waals surface area (Å²) in [4.78, 5) is 24.6. The van der Waals surface area contributed by atoms with Crippen LogP contribution in [0.5, 0.6) is 0 Å². The quantitative estimate of drug-likeness (QED) is 0.0406. The molecule has 1 amide bonds. The summed E-state index contributed by atoms with van der Waals surface area (Å²) in [5.74, 6) is -0.890. The van der Waals surface area contributed by atoms with Crippen LogP contribution in [0.25, 0.3) is 0 Å². The van der Waals surface area contributed by atoms with Crippen molar-refractivity contribution in [2.24, 2.45) is 11.7 Å². The average Bonchev–Trinajstić information content (AvgIpc) is 3.06. The topological polar surface area (TPSA) is 60.2 Å². The molecule has 0 heterocycles. The first-order valence-electron chi connectivity index (χ1n) is 21.2. The Balaban J connectivity index is 3.54. The fourth-order valence-electron chi connectivity index (χ4n) is 6.66. The van der Waals surface area contributed by atoms with Gasteiger partial charge in [-0.25, -0.2) is 0 Å². The Morgan fingerprint density at radius 3 is 1.00 bits per heavy atom. The van der Waals surface area contributed by atoms with Gasteiger partial charge in [0.2, 0.25) is 5.91 Å². The van der Waals surface area contributed by atoms with Crippen LogP contribution in [0.3, 0.4) is 0 Å². The molecule has 0 aromatic heterocycles. The number of hydrogen-bond acceptors (Lipinski definition) is 2. The molecule has 0 aromatic rings. The molecule has 3 nitrogen and oxygen atoms in total. The molecule has 0 aromatic carbocycles. The van der Waals surface area contributed by atoms with Gasteiger partial charge in [0.1, 0.15) is 5.78 Å². The van der Waals surface area contributed by atoms with Gasteiger partial charge < -0.3 is 5.73 Å². The Kier molecular flexibility index (Phi) is 37.9. The van der Waals surface area contributed by atoms with Crippen LogP contribution in [0.2, 0.25) is 0 Å². The molecule has 0 saturated heterocycles. The van der Waals surface area contributed by atoms with Gasteiger partial charge in [-0.2, -0.15) is 0 Å². The van der Waals surface area contributed by atoms with E-state index in [1.807, 2.05) is 0 Å². The second-order valence-electron chi connectivity index (χ2n) is 14.6. The number of amides is 1. The molecule has 2 N–H and O–H groups in total. The molecule has 0 saturated carbocycles. The molecular formula is C44H83NO2. The van der Waals surface area contributed by atoms with E-state index in [1.165, 1.54) is 186 Å². The summed E-state index contributed by atoms with van der Waals surface area (Å²) in [6.45, 7) is 4.56. The maximum absolute atomic E-state index is 12.7. The number of carbonyl (C=O) groups excluding carboxylic acids is 2. The van der Waals surface area contributed by atoms with Crippen molar-refractivity contribution >= 4 is 11.7 Å². The van der Waals surface area contributed by atoms with Crippen molar-refractivity contribution in [1.82, 2.24) is 0 Å². The lowest BCUT2D eigenvalue weighted by molar-refractivity contribution is -0.132. The van der Waals surface area contributed by atoms with Gasteiger partial charge in [-0.1, -0.05) is 192 Å². The molecular weight excluding hydrogens is 574 g/mol. The first kappa shape index (κ1) is 45.6. The SMILES string of the molecule is CCCCCCCCC=CCCCCCCCCCCCC(=O)C(CCCCCCCCCCC=CCCCCCCCC)C(N)=O. The molecule has 0 fully saturated rings. The number of nitrogens with two attached hydrogens (primary N) is 1. The van der Waals surface area contributed by atoms with Gasteiger partial charge in [0.25, 0.3) is 0 Å². The predicted octanol–water partition coefficient (Wildman–Crippen LogP) is 14.5. The summed E-state index contributed by atoms with van der Waals surface area (Å²) in [5, 5.41) is 0. The third kappa shape index (κ3) is 35.7. The van der Waals surface area contributed by atoms with Gasteiger partial charge in [0.15, 0.2) is 0 Å². The number of carbonyl (C=O) groups is 2. The minimum Gasteiger partial charge on any atom is -0.369 e. The number of unbranched alkanes of at least 4 members (excludes halogenated alkanes) is 29. The first-order valence-corrected chi connectivity index (χ1v) is 21.2. The average molecular weight is 658 g/mol. The molecule has 1 atom stereocenters. The second kappa shape index (κ2) is 39.1. The molecule has 0 radical (unpaired) electrons. The van der Waals surface area contributed by atoms with Crippen molar-refractivity contribution < 1.29 is 9.59 Å². The van der Waals surface area contributed by atoms with Crippen LogP contribution in [0.1, 0.15) is 239 Å². The van der Waals surface area contributed by atoms with Crippen LogP contribution in [0.15, 0.2) is 24.3 Å². The summed E-state index contributed by atoms with van der Waals surface area (Å²) in [7, 11) is 0. The highest BCUT2D eigenvalue weighted by Gasteiger charge is 2.22. The van der Waals surface area contributed by atoms with Crippen molar-refractivity contribution in [3.8, 4) is 0 Å². The van der Waals surface area contributed by atoms with Crippen LogP contribution >= 0.6 is 0 Å². The molecule has 0 aliphatic carbocycles. The van der Waals surface area contributed by atoms with Crippen molar-refractivity contribution in [3.63, 3.8) is 0 Å². The highest BCUT2D eigenvalue weighted by molar-refractivity contribution is 6.00. The molecule has 0 rings (SSSR count). The van der Waals surface area contributed by atoms with Crippen molar-refractivity contribution in [2.45, 2.75) is 239 Å². The van der Waals surface area contributed by atoms with Crippen molar-refractivity contribution in [3.05, 3.63) is 24.3 Å². The Bertz CT molecular complexity index is 712. The number of hydrogen-bond donors (Lipinski definition) is 1. The summed E-state index contributed by atoms with van der Waals surface area (Å²) in [5.41, 5.74) is 5.62. The second-order valence-corrected chi connectivity index (χ2v) is 14.6. The van der Waals surface area contributed by atoms with Crippen LogP contribution in [0.4, 0.5) is 0 Å². The number of Topliss-reactive ketones (excluding diaryl/α,β-unsaturated/α-hetero) is 1. The van der Waals surface area contributed by atoms with Crippen molar-refractivity contribution in [2.75, 3.05) is 0 Å². The zero-order chi connectivity index (χ0) is 34.3. The number of rotatable bonds is 39. The molecule has 0 spiro atoms. The van der Waals surface area contributed by atoms with Crippen LogP contribution in [-0.2, 0) is 9.59 Å². The minimum atomic E-state index is -0.561. The van der Waals surface area contributed by atoms with E-state index >= 15 is 0 Å². The molecule has 0 aliphatic rings. The Labute approximate surface area is 295 Å². The minimum absolute atomic E-state index is 0.0829. The zero-order valence-electron chi connectivity index (χ0n) is 32.0. The summed E-state index contributed by atoms with van der Waals surface area (Å²) < 4.78 is 0. The van der Waals surface area contributed by atoms with E-state index in [2.05, 4.69) is 38.2 Å². The lowest BCUT2D eigenvalue weighted by Crippen LogP contribution is -2.30. The van der Waals surface area contributed by atoms with Crippen LogP contribution in [0, 0.1) is 5.92 Å². The van der Waals surface area contributed by atoms with Gasteiger partial charge >= 0.3 is 0 Å². The monoisotopic (exact) mass is 658 g/mol. The summed E-state index contributed by atoms with van der Waals surface area (Å²) in [6, 6.07) is 0. The first-order chi connectivity index (χ1) is 23.1. The Morgan fingerprint density at radius 2 is 0.681 bits per heavy atom. The van der Waals surface area contributed by atoms with Gasteiger partial charge in [0.05, 0.1) is 5.92 Å². The maximum atomic E-state index is 12.7. The van der Waals surface area contributed by atoms with Gasteiger partial charge in [-0.15, -0.1) is 0 Å². The molecule has 1 unspecified atom stereocenters. The number of ketones is 1. The van der Waals surface area contributed by atoms with Gasteiger partial charge in [0, 0.05) is 6.42 Å². The van der Waals surface area contributed by atoms with E-state index in [0.717, 1.165) is 25.7 Å². The van der Waals surface area contributed by atoms with E-state index in [9.17, 15) is 9.59 Å². The summed E-state index contributed by atoms with van der Waals surface area (Å²) in [6.07, 6.45) is 53.3. The molecule has 0 aliphatic heterocycles. The molecule has 0 bridgehead atoms. The maximum Gasteiger partial charge on any atom is 0.227 e. The van der Waals surface area contributed by atoms with E-state index in [0.29, 0.717) is 12.8 Å². The molecule has 3 heteroatoms. The Morgan fingerprint density at radius 1 is 0.404 bits per heavy atom. The molecule has 276 valence electrons. The Hall–Kier alpha value is -1.38.